The molecule has 2 aromatic carbocycles. The van der Waals surface area contributed by atoms with E-state index in [2.05, 4.69) is 0 Å². The second kappa shape index (κ2) is 9.94. The Labute approximate surface area is 183 Å². The molecular formula is C23H27N3O4S. The van der Waals surface area contributed by atoms with Crippen molar-refractivity contribution in [3.8, 4) is 11.8 Å². The summed E-state index contributed by atoms with van der Waals surface area (Å²) in [5.41, 5.74) is 1.25. The van der Waals surface area contributed by atoms with Gasteiger partial charge in [0.25, 0.3) is 0 Å². The van der Waals surface area contributed by atoms with Gasteiger partial charge in [-0.1, -0.05) is 24.3 Å². The maximum Gasteiger partial charge on any atom is 0.244 e. The number of benzene rings is 2. The fraction of sp³-hybridized carbons (Fsp3) is 0.391. The Bertz CT molecular complexity index is 1070. The molecule has 0 radical (unpaired) electrons. The van der Waals surface area contributed by atoms with Gasteiger partial charge in [0.15, 0.2) is 0 Å². The van der Waals surface area contributed by atoms with Crippen molar-refractivity contribution >= 4 is 15.9 Å². The minimum Gasteiger partial charge on any atom is -0.492 e. The zero-order valence-electron chi connectivity index (χ0n) is 17.8. The third-order valence-electron chi connectivity index (χ3n) is 5.49. The van der Waals surface area contributed by atoms with Crippen molar-refractivity contribution in [2.75, 3.05) is 33.3 Å². The topological polar surface area (TPSA) is 90.7 Å². The smallest absolute Gasteiger partial charge is 0.244 e. The van der Waals surface area contributed by atoms with Gasteiger partial charge in [-0.2, -0.15) is 9.57 Å². The summed E-state index contributed by atoms with van der Waals surface area (Å²) < 4.78 is 33.0. The molecule has 1 fully saturated rings. The third kappa shape index (κ3) is 5.43. The maximum atomic E-state index is 12.9. The number of sulfonamides is 1. The van der Waals surface area contributed by atoms with Crippen molar-refractivity contribution in [3.05, 3.63) is 59.7 Å². The number of nitrogens with zero attached hydrogens (tertiary/aromatic N) is 3. The van der Waals surface area contributed by atoms with Crippen molar-refractivity contribution in [3.63, 3.8) is 0 Å². The van der Waals surface area contributed by atoms with Gasteiger partial charge in [-0.05, 0) is 49.6 Å². The van der Waals surface area contributed by atoms with E-state index in [1.54, 1.807) is 24.1 Å². The number of hydrogen-bond donors (Lipinski definition) is 0. The van der Waals surface area contributed by atoms with E-state index in [4.69, 9.17) is 4.74 Å². The van der Waals surface area contributed by atoms with E-state index in [1.165, 1.54) is 16.4 Å². The number of amides is 1. The molecule has 0 N–H and O–H groups in total. The largest absolute Gasteiger partial charge is 0.492 e. The Hall–Kier alpha value is -2.89. The van der Waals surface area contributed by atoms with Gasteiger partial charge in [-0.25, -0.2) is 8.42 Å². The van der Waals surface area contributed by atoms with E-state index in [0.717, 1.165) is 11.3 Å². The second-order valence-corrected chi connectivity index (χ2v) is 9.62. The molecule has 3 rings (SSSR count). The first-order valence-corrected chi connectivity index (χ1v) is 11.7. The molecule has 0 unspecified atom stereocenters. The normalized spacial score (nSPS) is 15.3. The van der Waals surface area contributed by atoms with E-state index in [1.807, 2.05) is 37.3 Å². The maximum absolute atomic E-state index is 12.9. The van der Waals surface area contributed by atoms with Crippen LogP contribution in [0.15, 0.2) is 53.4 Å². The van der Waals surface area contributed by atoms with Crippen LogP contribution in [-0.2, 0) is 14.8 Å². The molecule has 1 heterocycles. The van der Waals surface area contributed by atoms with Crippen LogP contribution < -0.4 is 4.74 Å². The summed E-state index contributed by atoms with van der Waals surface area (Å²) in [7, 11) is -2.01. The standard InChI is InChI=1S/C23H27N3O4S/c1-18-6-5-8-21(16-18)30-15-14-25(2)23(27)19-10-12-26(13-11-19)31(28,29)22-9-4-3-7-20(22)17-24/h3-9,16,19H,10-15H2,1-2H3. The molecule has 164 valence electrons. The Balaban J connectivity index is 1.52. The molecule has 0 spiro atoms. The first-order valence-electron chi connectivity index (χ1n) is 10.3. The van der Waals surface area contributed by atoms with Crippen LogP contribution >= 0.6 is 0 Å². The van der Waals surface area contributed by atoms with Gasteiger partial charge < -0.3 is 9.64 Å². The van der Waals surface area contributed by atoms with Crippen LogP contribution in [0.5, 0.6) is 5.75 Å². The van der Waals surface area contributed by atoms with Gasteiger partial charge in [0.1, 0.15) is 18.4 Å². The summed E-state index contributed by atoms with van der Waals surface area (Å²) in [4.78, 5) is 14.5. The van der Waals surface area contributed by atoms with Crippen LogP contribution in [0.3, 0.4) is 0 Å². The molecule has 2 aromatic rings. The summed E-state index contributed by atoms with van der Waals surface area (Å²) in [5, 5.41) is 9.22. The van der Waals surface area contributed by atoms with Crippen LogP contribution in [-0.4, -0.2) is 56.8 Å². The molecule has 1 aliphatic rings. The van der Waals surface area contributed by atoms with Gasteiger partial charge in [0, 0.05) is 26.1 Å². The summed E-state index contributed by atoms with van der Waals surface area (Å²) in [6, 6.07) is 15.9. The molecule has 0 atom stereocenters. The Morgan fingerprint density at radius 3 is 2.58 bits per heavy atom. The van der Waals surface area contributed by atoms with E-state index < -0.39 is 10.0 Å². The number of likely N-dealkylation sites (N-methyl/N-ethyl adjacent to an activating group) is 1. The van der Waals surface area contributed by atoms with E-state index in [0.29, 0.717) is 26.0 Å². The average Bonchev–Trinajstić information content (AvgIpc) is 2.78. The summed E-state index contributed by atoms with van der Waals surface area (Å²) >= 11 is 0. The van der Waals surface area contributed by atoms with Gasteiger partial charge in [-0.3, -0.25) is 4.79 Å². The second-order valence-electron chi connectivity index (χ2n) is 7.71. The highest BCUT2D eigenvalue weighted by Gasteiger charge is 2.34. The summed E-state index contributed by atoms with van der Waals surface area (Å²) in [6.45, 7) is 3.36. The highest BCUT2D eigenvalue weighted by molar-refractivity contribution is 7.89. The molecule has 0 aromatic heterocycles. The molecule has 0 saturated carbocycles. The number of carbonyl (C=O) groups excluding carboxylic acids is 1. The highest BCUT2D eigenvalue weighted by atomic mass is 32.2. The van der Waals surface area contributed by atoms with E-state index in [-0.39, 0.29) is 35.4 Å². The SMILES string of the molecule is Cc1cccc(OCCN(C)C(=O)C2CCN(S(=O)(=O)c3ccccc3C#N)CC2)c1. The first-order chi connectivity index (χ1) is 14.8. The van der Waals surface area contributed by atoms with Gasteiger partial charge >= 0.3 is 0 Å². The predicted molar refractivity (Wildman–Crippen MR) is 117 cm³/mol. The molecule has 1 amide bonds. The van der Waals surface area contributed by atoms with E-state index >= 15 is 0 Å². The third-order valence-corrected chi connectivity index (χ3v) is 7.45. The monoisotopic (exact) mass is 441 g/mol. The van der Waals surface area contributed by atoms with Gasteiger partial charge in [0.2, 0.25) is 15.9 Å². The number of piperidine rings is 1. The molecular weight excluding hydrogens is 414 g/mol. The first kappa shape index (κ1) is 22.8. The van der Waals surface area contributed by atoms with Gasteiger partial charge in [-0.15, -0.1) is 0 Å². The zero-order valence-corrected chi connectivity index (χ0v) is 18.6. The lowest BCUT2D eigenvalue weighted by atomic mass is 9.97. The van der Waals surface area contributed by atoms with Crippen molar-refractivity contribution in [1.82, 2.24) is 9.21 Å². The van der Waals surface area contributed by atoms with Crippen molar-refractivity contribution in [2.24, 2.45) is 5.92 Å². The number of nitriles is 1. The number of aryl methyl sites for hydroxylation is 1. The fourth-order valence-corrected chi connectivity index (χ4v) is 5.31. The lowest BCUT2D eigenvalue weighted by Crippen LogP contribution is -2.44. The lowest BCUT2D eigenvalue weighted by molar-refractivity contribution is -0.135. The molecule has 1 aliphatic heterocycles. The minimum absolute atomic E-state index is 0.00214. The molecule has 0 bridgehead atoms. The highest BCUT2D eigenvalue weighted by Crippen LogP contribution is 2.26. The van der Waals surface area contributed by atoms with Crippen molar-refractivity contribution in [2.45, 2.75) is 24.7 Å². The van der Waals surface area contributed by atoms with Crippen LogP contribution in [0, 0.1) is 24.2 Å². The van der Waals surface area contributed by atoms with Crippen LogP contribution in [0.2, 0.25) is 0 Å². The summed E-state index contributed by atoms with van der Waals surface area (Å²) in [5.74, 6) is 0.556. The minimum atomic E-state index is -3.76. The number of ether oxygens (including phenoxy) is 1. The average molecular weight is 442 g/mol. The lowest BCUT2D eigenvalue weighted by Gasteiger charge is -2.32. The number of rotatable bonds is 7. The zero-order chi connectivity index (χ0) is 22.4. The predicted octanol–water partition coefficient (Wildman–Crippen LogP) is 2.80. The number of hydrogen-bond acceptors (Lipinski definition) is 5. The molecule has 8 heteroatoms. The Morgan fingerprint density at radius 2 is 1.90 bits per heavy atom. The van der Waals surface area contributed by atoms with E-state index in [9.17, 15) is 18.5 Å². The Kier molecular flexibility index (Phi) is 7.31. The van der Waals surface area contributed by atoms with Crippen molar-refractivity contribution in [1.29, 1.82) is 5.26 Å². The van der Waals surface area contributed by atoms with Crippen LogP contribution in [0.4, 0.5) is 0 Å². The molecule has 31 heavy (non-hydrogen) atoms. The molecule has 0 aliphatic carbocycles. The van der Waals surface area contributed by atoms with Crippen molar-refractivity contribution < 1.29 is 17.9 Å². The Morgan fingerprint density at radius 1 is 1.19 bits per heavy atom. The van der Waals surface area contributed by atoms with Crippen LogP contribution in [0.1, 0.15) is 24.0 Å². The molecule has 1 saturated heterocycles. The van der Waals surface area contributed by atoms with Gasteiger partial charge in [0.05, 0.1) is 17.0 Å². The van der Waals surface area contributed by atoms with Crippen LogP contribution in [0.25, 0.3) is 0 Å². The number of carbonyl (C=O) groups is 1. The quantitative estimate of drug-likeness (QED) is 0.659. The molecule has 7 nitrogen and oxygen atoms in total. The fourth-order valence-electron chi connectivity index (χ4n) is 3.69. The summed E-state index contributed by atoms with van der Waals surface area (Å²) in [6.07, 6.45) is 0.908.